The molecule has 4 rings (SSSR count). The highest BCUT2D eigenvalue weighted by molar-refractivity contribution is 5.98. The Hall–Kier alpha value is -2.48. The second-order valence-electron chi connectivity index (χ2n) is 5.01. The summed E-state index contributed by atoms with van der Waals surface area (Å²) < 4.78 is 0. The number of hydrogen-bond donors (Lipinski definition) is 0. The minimum Gasteiger partial charge on any atom is -0.379 e. The zero-order valence-electron chi connectivity index (χ0n) is 11.0. The highest BCUT2D eigenvalue weighted by atomic mass is 16.7. The van der Waals surface area contributed by atoms with Crippen LogP contribution < -0.4 is 4.84 Å². The van der Waals surface area contributed by atoms with Gasteiger partial charge < -0.3 is 4.84 Å². The van der Waals surface area contributed by atoms with Crippen molar-refractivity contribution in [1.29, 1.82) is 0 Å². The van der Waals surface area contributed by atoms with Gasteiger partial charge in [-0.1, -0.05) is 36.4 Å². The second kappa shape index (κ2) is 4.57. The maximum absolute atomic E-state index is 5.79. The maximum atomic E-state index is 5.79. The van der Waals surface area contributed by atoms with E-state index in [2.05, 4.69) is 54.6 Å². The Bertz CT molecular complexity index is 807. The van der Waals surface area contributed by atoms with Crippen molar-refractivity contribution in [3.63, 3.8) is 0 Å². The average Bonchev–Trinajstić information content (AvgIpc) is 2.98. The van der Waals surface area contributed by atoms with Gasteiger partial charge in [-0.3, -0.25) is 0 Å². The molecule has 0 aromatic heterocycles. The number of rotatable bonds is 2. The van der Waals surface area contributed by atoms with Gasteiger partial charge >= 0.3 is 0 Å². The molecule has 1 aliphatic rings. The van der Waals surface area contributed by atoms with Crippen LogP contribution in [0.4, 0.5) is 0 Å². The molecule has 0 saturated carbocycles. The first-order valence-electron chi connectivity index (χ1n) is 6.85. The fraction of sp³-hybridized carbons (Fsp3) is 0.111. The molecule has 3 aromatic rings. The van der Waals surface area contributed by atoms with Crippen molar-refractivity contribution < 1.29 is 4.84 Å². The molecule has 0 amide bonds. The molecular formula is C18H14NO. The van der Waals surface area contributed by atoms with Crippen LogP contribution in [-0.2, 0) is 0 Å². The third-order valence-corrected chi connectivity index (χ3v) is 3.59. The van der Waals surface area contributed by atoms with E-state index in [1.807, 2.05) is 17.3 Å². The van der Waals surface area contributed by atoms with Gasteiger partial charge in [-0.25, -0.2) is 5.06 Å². The summed E-state index contributed by atoms with van der Waals surface area (Å²) in [7, 11) is 0. The van der Waals surface area contributed by atoms with Crippen molar-refractivity contribution in [2.24, 2.45) is 0 Å². The molecule has 1 aliphatic heterocycles. The first kappa shape index (κ1) is 11.4. The predicted octanol–water partition coefficient (Wildman–Crippen LogP) is 4.31. The summed E-state index contributed by atoms with van der Waals surface area (Å²) in [6.07, 6.45) is 5.12. The molecule has 97 valence electrons. The molecule has 1 radical (unpaired) electrons. The summed E-state index contributed by atoms with van der Waals surface area (Å²) in [4.78, 5) is 5.79. The van der Waals surface area contributed by atoms with Gasteiger partial charge in [0.05, 0.1) is 6.54 Å². The maximum Gasteiger partial charge on any atom is 0.163 e. The number of hydroxylamine groups is 2. The minimum absolute atomic E-state index is 0.763. The molecule has 0 unspecified atom stereocenters. The smallest absolute Gasteiger partial charge is 0.163 e. The van der Waals surface area contributed by atoms with E-state index < -0.39 is 0 Å². The van der Waals surface area contributed by atoms with Crippen molar-refractivity contribution in [2.75, 3.05) is 6.54 Å². The molecular weight excluding hydrogens is 246 g/mol. The molecule has 3 aromatic carbocycles. The topological polar surface area (TPSA) is 12.5 Å². The van der Waals surface area contributed by atoms with Gasteiger partial charge in [0.15, 0.2) is 5.75 Å². The minimum atomic E-state index is 0.763. The van der Waals surface area contributed by atoms with Gasteiger partial charge in [-0.15, -0.1) is 0 Å². The molecule has 20 heavy (non-hydrogen) atoms. The molecule has 1 heterocycles. The first-order chi connectivity index (χ1) is 9.88. The molecule has 2 heteroatoms. The Labute approximate surface area is 117 Å². The van der Waals surface area contributed by atoms with Gasteiger partial charge in [0.1, 0.15) is 0 Å². The number of benzene rings is 3. The zero-order valence-corrected chi connectivity index (χ0v) is 11.0. The summed E-state index contributed by atoms with van der Waals surface area (Å²) >= 11 is 0. The quantitative estimate of drug-likeness (QED) is 0.637. The van der Waals surface area contributed by atoms with Crippen molar-refractivity contribution in [3.05, 3.63) is 66.9 Å². The van der Waals surface area contributed by atoms with E-state index in [1.165, 1.54) is 16.2 Å². The molecule has 0 fully saturated rings. The van der Waals surface area contributed by atoms with Crippen LogP contribution in [-0.4, -0.2) is 11.6 Å². The molecule has 0 saturated heterocycles. The monoisotopic (exact) mass is 260 g/mol. The molecule has 2 nitrogen and oxygen atoms in total. The number of hydrogen-bond acceptors (Lipinski definition) is 2. The van der Waals surface area contributed by atoms with Crippen LogP contribution in [0.15, 0.2) is 60.8 Å². The Morgan fingerprint density at radius 2 is 1.80 bits per heavy atom. The Morgan fingerprint density at radius 1 is 0.950 bits per heavy atom. The van der Waals surface area contributed by atoms with E-state index in [0.29, 0.717) is 0 Å². The molecule has 0 N–H and O–H groups in total. The summed E-state index contributed by atoms with van der Waals surface area (Å²) in [6, 6.07) is 20.2. The van der Waals surface area contributed by atoms with Crippen molar-refractivity contribution in [2.45, 2.75) is 6.42 Å². The Morgan fingerprint density at radius 3 is 2.60 bits per heavy atom. The average molecular weight is 260 g/mol. The van der Waals surface area contributed by atoms with Gasteiger partial charge in [0.2, 0.25) is 0 Å². The van der Waals surface area contributed by atoms with Crippen LogP contribution in [0.3, 0.4) is 0 Å². The summed E-state index contributed by atoms with van der Waals surface area (Å²) in [5.41, 5.74) is 0. The predicted molar refractivity (Wildman–Crippen MR) is 81.4 cm³/mol. The highest BCUT2D eigenvalue weighted by Crippen LogP contribution is 2.26. The highest BCUT2D eigenvalue weighted by Gasteiger charge is 2.07. The van der Waals surface area contributed by atoms with Gasteiger partial charge in [0.25, 0.3) is 0 Å². The molecule has 0 aliphatic carbocycles. The molecule has 0 spiro atoms. The third-order valence-electron chi connectivity index (χ3n) is 3.59. The fourth-order valence-corrected chi connectivity index (χ4v) is 2.57. The number of fused-ring (bicyclic) bond motifs is 2. The Balaban J connectivity index is 1.77. The van der Waals surface area contributed by atoms with E-state index in [-0.39, 0.29) is 0 Å². The van der Waals surface area contributed by atoms with Crippen LogP contribution in [0.1, 0.15) is 6.42 Å². The van der Waals surface area contributed by atoms with Crippen molar-refractivity contribution in [1.82, 2.24) is 5.06 Å². The molecule has 0 bridgehead atoms. The van der Waals surface area contributed by atoms with Crippen molar-refractivity contribution >= 4 is 21.5 Å². The van der Waals surface area contributed by atoms with Gasteiger partial charge in [-0.2, -0.15) is 0 Å². The third kappa shape index (κ3) is 1.99. The van der Waals surface area contributed by atoms with E-state index in [0.717, 1.165) is 24.1 Å². The van der Waals surface area contributed by atoms with Gasteiger partial charge in [0, 0.05) is 12.3 Å². The largest absolute Gasteiger partial charge is 0.379 e. The summed E-state index contributed by atoms with van der Waals surface area (Å²) in [5.74, 6) is 0.763. The standard InChI is InChI=1S/C18H14NO/c1-2-6-15-12-17-13-18(20-19-9-3-4-10-19)8-7-16(17)11-14(15)5-1/h1-3,5-9,11-12H,4,10H2. The lowest BCUT2D eigenvalue weighted by atomic mass is 10.0. The number of nitrogens with zero attached hydrogens (tertiary/aromatic N) is 1. The van der Waals surface area contributed by atoms with E-state index >= 15 is 0 Å². The lowest BCUT2D eigenvalue weighted by molar-refractivity contribution is 0.00280. The lowest BCUT2D eigenvalue weighted by Crippen LogP contribution is -2.18. The SMILES string of the molecule is [c]1c(ON2C=CCC2)ccc2cc3ccccc3cc12. The zero-order chi connectivity index (χ0) is 13.4. The lowest BCUT2D eigenvalue weighted by Gasteiger charge is -2.16. The van der Waals surface area contributed by atoms with Crippen molar-refractivity contribution in [3.8, 4) is 5.75 Å². The normalized spacial score (nSPS) is 14.3. The van der Waals surface area contributed by atoms with Crippen LogP contribution >= 0.6 is 0 Å². The van der Waals surface area contributed by atoms with Crippen LogP contribution in [0.2, 0.25) is 0 Å². The second-order valence-corrected chi connectivity index (χ2v) is 5.01. The first-order valence-corrected chi connectivity index (χ1v) is 6.85. The summed E-state index contributed by atoms with van der Waals surface area (Å²) in [5, 5.41) is 6.61. The van der Waals surface area contributed by atoms with Crippen LogP contribution in [0, 0.1) is 6.07 Å². The summed E-state index contributed by atoms with van der Waals surface area (Å²) in [6.45, 7) is 0.906. The fourth-order valence-electron chi connectivity index (χ4n) is 2.57. The Kier molecular flexibility index (Phi) is 2.59. The van der Waals surface area contributed by atoms with Gasteiger partial charge in [-0.05, 0) is 46.2 Å². The molecule has 0 atom stereocenters. The van der Waals surface area contributed by atoms with E-state index in [1.54, 1.807) is 0 Å². The van der Waals surface area contributed by atoms with Crippen LogP contribution in [0.25, 0.3) is 21.5 Å². The van der Waals surface area contributed by atoms with Crippen LogP contribution in [0.5, 0.6) is 5.75 Å². The van der Waals surface area contributed by atoms with E-state index in [4.69, 9.17) is 4.84 Å². The van der Waals surface area contributed by atoms with E-state index in [9.17, 15) is 0 Å².